The van der Waals surface area contributed by atoms with E-state index in [-0.39, 0.29) is 16.7 Å². The van der Waals surface area contributed by atoms with Crippen LogP contribution in [0.15, 0.2) is 18.2 Å². The highest BCUT2D eigenvalue weighted by Gasteiger charge is 2.80. The predicted molar refractivity (Wildman–Crippen MR) is 137 cm³/mol. The van der Waals surface area contributed by atoms with Crippen molar-refractivity contribution >= 4 is 25.3 Å². The Bertz CT molecular complexity index is 1040. The van der Waals surface area contributed by atoms with E-state index in [4.69, 9.17) is 9.47 Å². The van der Waals surface area contributed by atoms with Crippen molar-refractivity contribution in [2.45, 2.75) is 92.9 Å². The second kappa shape index (κ2) is 15.5. The summed E-state index contributed by atoms with van der Waals surface area (Å²) in [5.41, 5.74) is -0.117. The molecule has 21 heteroatoms. The van der Waals surface area contributed by atoms with Gasteiger partial charge in [0, 0.05) is 25.7 Å². The lowest BCUT2D eigenvalue weighted by molar-refractivity contribution is -0.367. The minimum Gasteiger partial charge on any atom is -0.392 e. The Morgan fingerprint density at radius 1 is 0.457 bits per heavy atom. The van der Waals surface area contributed by atoms with Gasteiger partial charge < -0.3 is 14.6 Å². The van der Waals surface area contributed by atoms with Gasteiger partial charge in [-0.2, -0.15) is 95.5 Å². The van der Waals surface area contributed by atoms with Gasteiger partial charge >= 0.3 is 47.4 Å². The third kappa shape index (κ3) is 9.02. The summed E-state index contributed by atoms with van der Waals surface area (Å²) in [6.45, 7) is -5.01. The van der Waals surface area contributed by atoms with E-state index in [1.165, 1.54) is 0 Å². The molecule has 0 aliphatic rings. The van der Waals surface area contributed by atoms with E-state index in [2.05, 4.69) is 25.3 Å². The average molecular weight is 745 g/mol. The molecule has 1 rings (SSSR count). The highest BCUT2D eigenvalue weighted by molar-refractivity contribution is 7.80. The van der Waals surface area contributed by atoms with E-state index >= 15 is 0 Å². The largest absolute Gasteiger partial charge is 0.392 e. The number of halogens is 16. The number of benzene rings is 1. The monoisotopic (exact) mass is 744 g/mol. The number of aliphatic hydroxyl groups excluding tert-OH is 1. The molecule has 46 heavy (non-hydrogen) atoms. The van der Waals surface area contributed by atoms with Crippen LogP contribution in [-0.2, 0) is 29.3 Å². The maximum Gasteiger partial charge on any atom is 0.378 e. The second-order valence-electron chi connectivity index (χ2n) is 9.98. The van der Waals surface area contributed by atoms with Crippen molar-refractivity contribution in [2.24, 2.45) is 0 Å². The number of hydrogen-bond acceptors (Lipinski definition) is 5. The molecule has 270 valence electrons. The standard InChI is InChI=1S/C25H28F16O3S2/c26-18(27,22(34,35)24(38,39)20(30,31)3-7-45)1-5-43-13-16-9-15(12-42)10-17(11-16)14-44-6-2-19(28,29)23(36,37)25(40,41)21(32,33)4-8-46/h9-11,42,45-46H,1-8,12-14H2. The SMILES string of the molecule is OCc1cc(COCCC(F)(F)C(F)(F)C(F)(F)C(F)(F)CCS)cc(COCCC(F)(F)C(F)(F)C(F)(F)C(F)(F)CCS)c1. The smallest absolute Gasteiger partial charge is 0.378 e. The maximum absolute atomic E-state index is 14.0. The Hall–Kier alpha value is -1.32. The molecule has 3 nitrogen and oxygen atoms in total. The summed E-state index contributed by atoms with van der Waals surface area (Å²) in [6, 6.07) is 3.32. The van der Waals surface area contributed by atoms with Gasteiger partial charge in [-0.15, -0.1) is 0 Å². The zero-order valence-corrected chi connectivity index (χ0v) is 25.0. The van der Waals surface area contributed by atoms with Gasteiger partial charge in [0.05, 0.1) is 33.0 Å². The van der Waals surface area contributed by atoms with Crippen molar-refractivity contribution in [3.63, 3.8) is 0 Å². The van der Waals surface area contributed by atoms with Crippen LogP contribution in [-0.4, -0.2) is 77.2 Å². The minimum absolute atomic E-state index is 0.00514. The molecule has 0 aliphatic heterocycles. The van der Waals surface area contributed by atoms with Crippen molar-refractivity contribution in [3.8, 4) is 0 Å². The Morgan fingerprint density at radius 3 is 0.978 bits per heavy atom. The predicted octanol–water partition coefficient (Wildman–Crippen LogP) is 8.71. The molecule has 0 heterocycles. The van der Waals surface area contributed by atoms with Gasteiger partial charge in [0.1, 0.15) is 0 Å². The fourth-order valence-corrected chi connectivity index (χ4v) is 4.27. The lowest BCUT2D eigenvalue weighted by Gasteiger charge is -2.36. The first-order chi connectivity index (χ1) is 20.7. The van der Waals surface area contributed by atoms with Crippen molar-refractivity contribution in [3.05, 3.63) is 34.9 Å². The zero-order valence-electron chi connectivity index (χ0n) is 23.2. The molecule has 0 aliphatic carbocycles. The number of alkyl halides is 16. The molecule has 1 N–H and O–H groups in total. The summed E-state index contributed by atoms with van der Waals surface area (Å²) in [5.74, 6) is -50.4. The number of hydrogen-bond donors (Lipinski definition) is 3. The van der Waals surface area contributed by atoms with Crippen molar-refractivity contribution in [1.82, 2.24) is 0 Å². The highest BCUT2D eigenvalue weighted by atomic mass is 32.1. The molecule has 0 saturated heterocycles. The van der Waals surface area contributed by atoms with E-state index in [0.29, 0.717) is 0 Å². The Balaban J connectivity index is 2.86. The number of rotatable bonds is 21. The van der Waals surface area contributed by atoms with Crippen LogP contribution in [0.5, 0.6) is 0 Å². The number of thiol groups is 2. The first-order valence-corrected chi connectivity index (χ1v) is 14.1. The van der Waals surface area contributed by atoms with Crippen LogP contribution >= 0.6 is 25.3 Å². The molecule has 0 radical (unpaired) electrons. The summed E-state index contributed by atoms with van der Waals surface area (Å²) in [6.07, 6.45) is -8.17. The first kappa shape index (κ1) is 42.7. The normalized spacial score (nSPS) is 14.7. The van der Waals surface area contributed by atoms with Gasteiger partial charge in [0.2, 0.25) is 0 Å². The first-order valence-electron chi connectivity index (χ1n) is 12.8. The molecule has 0 fully saturated rings. The lowest BCUT2D eigenvalue weighted by atomic mass is 9.95. The Kier molecular flexibility index (Phi) is 14.4. The van der Waals surface area contributed by atoms with Gasteiger partial charge in [-0.25, -0.2) is 0 Å². The molecule has 1 aromatic carbocycles. The van der Waals surface area contributed by atoms with Crippen LogP contribution in [0.3, 0.4) is 0 Å². The third-order valence-electron chi connectivity index (χ3n) is 6.43. The number of aliphatic hydroxyl groups is 1. The molecule has 0 atom stereocenters. The fraction of sp³-hybridized carbons (Fsp3) is 0.760. The van der Waals surface area contributed by atoms with Crippen LogP contribution in [0.2, 0.25) is 0 Å². The van der Waals surface area contributed by atoms with E-state index in [9.17, 15) is 75.4 Å². The van der Waals surface area contributed by atoms with Crippen LogP contribution in [0.25, 0.3) is 0 Å². The lowest BCUT2D eigenvalue weighted by Crippen LogP contribution is -2.62. The van der Waals surface area contributed by atoms with Gasteiger partial charge in [0.25, 0.3) is 0 Å². The molecule has 0 aromatic heterocycles. The minimum atomic E-state index is -6.51. The Labute approximate surface area is 262 Å². The summed E-state index contributed by atoms with van der Waals surface area (Å²) >= 11 is 6.42. The molecule has 1 aromatic rings. The van der Waals surface area contributed by atoms with Crippen LogP contribution in [0.1, 0.15) is 42.4 Å². The second-order valence-corrected chi connectivity index (χ2v) is 10.9. The van der Waals surface area contributed by atoms with Crippen molar-refractivity contribution < 1.29 is 84.8 Å². The van der Waals surface area contributed by atoms with E-state index < -0.39 is 118 Å². The summed E-state index contributed by atoms with van der Waals surface area (Å²) in [4.78, 5) is 0. The van der Waals surface area contributed by atoms with Crippen molar-refractivity contribution in [2.75, 3.05) is 24.7 Å². The third-order valence-corrected chi connectivity index (χ3v) is 6.88. The van der Waals surface area contributed by atoms with E-state index in [0.717, 1.165) is 18.2 Å². The highest BCUT2D eigenvalue weighted by Crippen LogP contribution is 2.56. The molecular formula is C25H28F16O3S2. The van der Waals surface area contributed by atoms with E-state index in [1.807, 2.05) is 0 Å². The zero-order chi connectivity index (χ0) is 36.0. The number of ether oxygens (including phenoxy) is 2. The molecular weight excluding hydrogens is 716 g/mol. The Morgan fingerprint density at radius 2 is 0.717 bits per heavy atom. The summed E-state index contributed by atoms with van der Waals surface area (Å²) in [7, 11) is 0. The van der Waals surface area contributed by atoms with Crippen LogP contribution in [0.4, 0.5) is 70.2 Å². The fourth-order valence-electron chi connectivity index (χ4n) is 3.71. The van der Waals surface area contributed by atoms with Gasteiger partial charge in [0.15, 0.2) is 0 Å². The van der Waals surface area contributed by atoms with Crippen LogP contribution in [0, 0.1) is 0 Å². The molecule has 0 unspecified atom stereocenters. The summed E-state index contributed by atoms with van der Waals surface area (Å²) < 4.78 is 230. The van der Waals surface area contributed by atoms with Gasteiger partial charge in [-0.1, -0.05) is 18.2 Å². The van der Waals surface area contributed by atoms with Crippen molar-refractivity contribution in [1.29, 1.82) is 0 Å². The molecule has 0 spiro atoms. The van der Waals surface area contributed by atoms with Gasteiger partial charge in [-0.3, -0.25) is 0 Å². The maximum atomic E-state index is 14.0. The van der Waals surface area contributed by atoms with E-state index in [1.54, 1.807) is 0 Å². The van der Waals surface area contributed by atoms with Crippen LogP contribution < -0.4 is 0 Å². The quantitative estimate of drug-likeness (QED) is 0.0671. The van der Waals surface area contributed by atoms with Gasteiger partial charge in [-0.05, 0) is 28.2 Å². The topological polar surface area (TPSA) is 38.7 Å². The summed E-state index contributed by atoms with van der Waals surface area (Å²) in [5, 5.41) is 9.36. The molecule has 0 saturated carbocycles. The molecule has 0 amide bonds. The average Bonchev–Trinajstić information content (AvgIpc) is 2.92. The molecule has 0 bridgehead atoms.